The molecule has 0 unspecified atom stereocenters. The molecule has 2 rings (SSSR count). The van der Waals surface area contributed by atoms with E-state index in [0.29, 0.717) is 16.7 Å². The van der Waals surface area contributed by atoms with Crippen molar-refractivity contribution in [1.29, 1.82) is 0 Å². The lowest BCUT2D eigenvalue weighted by atomic mass is 10.3. The minimum absolute atomic E-state index is 0.505. The number of halogens is 1. The Hall–Kier alpha value is -1.81. The van der Waals surface area contributed by atoms with Crippen molar-refractivity contribution in [3.8, 4) is 11.6 Å². The molecule has 94 valence electrons. The second kappa shape index (κ2) is 6.21. The Kier molecular flexibility index (Phi) is 4.36. The molecule has 0 aliphatic rings. The van der Waals surface area contributed by atoms with E-state index in [1.165, 1.54) is 6.33 Å². The van der Waals surface area contributed by atoms with Gasteiger partial charge in [0, 0.05) is 17.6 Å². The second-order valence-corrected chi connectivity index (χ2v) is 4.16. The first kappa shape index (κ1) is 12.6. The zero-order valence-electron chi connectivity index (χ0n) is 10.1. The minimum Gasteiger partial charge on any atom is -0.439 e. The molecule has 0 amide bonds. The summed E-state index contributed by atoms with van der Waals surface area (Å²) in [5, 5.41) is 3.85. The number of hydrogen-bond donors (Lipinski definition) is 1. The van der Waals surface area contributed by atoms with Crippen LogP contribution in [0.15, 0.2) is 36.7 Å². The highest BCUT2D eigenvalue weighted by atomic mass is 35.5. The molecule has 0 atom stereocenters. The quantitative estimate of drug-likeness (QED) is 0.893. The monoisotopic (exact) mass is 263 g/mol. The molecule has 1 N–H and O–H groups in total. The van der Waals surface area contributed by atoms with Gasteiger partial charge in [0.1, 0.15) is 17.9 Å². The summed E-state index contributed by atoms with van der Waals surface area (Å²) >= 11 is 5.81. The zero-order valence-corrected chi connectivity index (χ0v) is 10.8. The number of rotatable bonds is 5. The smallest absolute Gasteiger partial charge is 0.224 e. The highest BCUT2D eigenvalue weighted by Crippen LogP contribution is 2.22. The van der Waals surface area contributed by atoms with Crippen molar-refractivity contribution >= 4 is 17.4 Å². The lowest BCUT2D eigenvalue weighted by Gasteiger charge is -2.07. The van der Waals surface area contributed by atoms with Crippen LogP contribution in [0, 0.1) is 0 Å². The Morgan fingerprint density at radius 1 is 1.22 bits per heavy atom. The van der Waals surface area contributed by atoms with Crippen LogP contribution in [0.3, 0.4) is 0 Å². The minimum atomic E-state index is 0.505. The molecule has 0 saturated carbocycles. The molecule has 0 aliphatic heterocycles. The molecule has 5 heteroatoms. The summed E-state index contributed by atoms with van der Waals surface area (Å²) < 4.78 is 5.60. The standard InChI is InChI=1S/C13H14ClN3O/c1-2-7-15-12-8-13(17-9-16-12)18-11-5-3-10(14)4-6-11/h3-6,8-9H,2,7H2,1H3,(H,15,16,17). The Bertz CT molecular complexity index is 502. The maximum atomic E-state index is 5.81. The van der Waals surface area contributed by atoms with E-state index in [9.17, 15) is 0 Å². The molecule has 0 spiro atoms. The van der Waals surface area contributed by atoms with Crippen molar-refractivity contribution in [1.82, 2.24) is 9.97 Å². The summed E-state index contributed by atoms with van der Waals surface area (Å²) in [6.07, 6.45) is 2.51. The number of nitrogens with zero attached hydrogens (tertiary/aromatic N) is 2. The molecule has 1 aromatic carbocycles. The van der Waals surface area contributed by atoms with E-state index in [2.05, 4.69) is 22.2 Å². The van der Waals surface area contributed by atoms with Gasteiger partial charge in [0.15, 0.2) is 0 Å². The van der Waals surface area contributed by atoms with Crippen molar-refractivity contribution in [3.05, 3.63) is 41.7 Å². The van der Waals surface area contributed by atoms with E-state index in [-0.39, 0.29) is 0 Å². The maximum absolute atomic E-state index is 5.81. The molecule has 2 aromatic rings. The van der Waals surface area contributed by atoms with Gasteiger partial charge in [-0.05, 0) is 30.7 Å². The van der Waals surface area contributed by atoms with Crippen LogP contribution in [0.25, 0.3) is 0 Å². The second-order valence-electron chi connectivity index (χ2n) is 3.72. The predicted molar refractivity (Wildman–Crippen MR) is 72.3 cm³/mol. The lowest BCUT2D eigenvalue weighted by molar-refractivity contribution is 0.462. The van der Waals surface area contributed by atoms with E-state index >= 15 is 0 Å². The number of nitrogens with one attached hydrogen (secondary N) is 1. The molecule has 1 aromatic heterocycles. The first-order valence-electron chi connectivity index (χ1n) is 5.77. The lowest BCUT2D eigenvalue weighted by Crippen LogP contribution is -2.02. The Balaban J connectivity index is 2.06. The molecule has 0 aliphatic carbocycles. The van der Waals surface area contributed by atoms with Crippen LogP contribution in [0.5, 0.6) is 11.6 Å². The molecule has 0 bridgehead atoms. The van der Waals surface area contributed by atoms with Crippen LogP contribution >= 0.6 is 11.6 Å². The van der Waals surface area contributed by atoms with E-state index in [0.717, 1.165) is 18.8 Å². The Labute approximate surface area is 111 Å². The highest BCUT2D eigenvalue weighted by Gasteiger charge is 2.01. The van der Waals surface area contributed by atoms with Crippen molar-refractivity contribution in [2.24, 2.45) is 0 Å². The number of benzene rings is 1. The number of ether oxygens (including phenoxy) is 1. The van der Waals surface area contributed by atoms with Crippen molar-refractivity contribution in [2.75, 3.05) is 11.9 Å². The van der Waals surface area contributed by atoms with Gasteiger partial charge >= 0.3 is 0 Å². The summed E-state index contributed by atoms with van der Waals surface area (Å²) in [5.74, 6) is 1.96. The van der Waals surface area contributed by atoms with Crippen LogP contribution in [0.1, 0.15) is 13.3 Å². The topological polar surface area (TPSA) is 47.0 Å². The van der Waals surface area contributed by atoms with Gasteiger partial charge in [0.25, 0.3) is 0 Å². The van der Waals surface area contributed by atoms with Gasteiger partial charge in [0.05, 0.1) is 0 Å². The van der Waals surface area contributed by atoms with Crippen LogP contribution < -0.4 is 10.1 Å². The van der Waals surface area contributed by atoms with E-state index < -0.39 is 0 Å². The van der Waals surface area contributed by atoms with Crippen molar-refractivity contribution < 1.29 is 4.74 Å². The summed E-state index contributed by atoms with van der Waals surface area (Å²) in [6.45, 7) is 2.97. The van der Waals surface area contributed by atoms with Gasteiger partial charge in [-0.15, -0.1) is 0 Å². The molecular weight excluding hydrogens is 250 g/mol. The van der Waals surface area contributed by atoms with Gasteiger partial charge in [-0.2, -0.15) is 0 Å². The predicted octanol–water partition coefficient (Wildman–Crippen LogP) is 3.74. The fourth-order valence-electron chi connectivity index (χ4n) is 1.37. The van der Waals surface area contributed by atoms with E-state index in [1.54, 1.807) is 30.3 Å². The number of aromatic nitrogens is 2. The highest BCUT2D eigenvalue weighted by molar-refractivity contribution is 6.30. The number of anilines is 1. The molecule has 0 fully saturated rings. The molecule has 0 radical (unpaired) electrons. The molecule has 18 heavy (non-hydrogen) atoms. The van der Waals surface area contributed by atoms with Crippen molar-refractivity contribution in [2.45, 2.75) is 13.3 Å². The first-order chi connectivity index (χ1) is 8.78. The van der Waals surface area contributed by atoms with Gasteiger partial charge in [-0.3, -0.25) is 0 Å². The summed E-state index contributed by atoms with van der Waals surface area (Å²) in [5.41, 5.74) is 0. The maximum Gasteiger partial charge on any atom is 0.224 e. The first-order valence-corrected chi connectivity index (χ1v) is 6.15. The number of hydrogen-bond acceptors (Lipinski definition) is 4. The normalized spacial score (nSPS) is 10.1. The van der Waals surface area contributed by atoms with Gasteiger partial charge < -0.3 is 10.1 Å². The molecule has 0 saturated heterocycles. The van der Waals surface area contributed by atoms with Crippen LogP contribution in [0.2, 0.25) is 5.02 Å². The fraction of sp³-hybridized carbons (Fsp3) is 0.231. The fourth-order valence-corrected chi connectivity index (χ4v) is 1.49. The summed E-state index contributed by atoms with van der Waals surface area (Å²) in [7, 11) is 0. The van der Waals surface area contributed by atoms with E-state index in [1.807, 2.05) is 0 Å². The molecular formula is C13H14ClN3O. The summed E-state index contributed by atoms with van der Waals surface area (Å²) in [4.78, 5) is 8.17. The molecule has 1 heterocycles. The molecule has 4 nitrogen and oxygen atoms in total. The van der Waals surface area contributed by atoms with Gasteiger partial charge in [0.2, 0.25) is 5.88 Å². The largest absolute Gasteiger partial charge is 0.439 e. The summed E-state index contributed by atoms with van der Waals surface area (Å²) in [6, 6.07) is 8.90. The van der Waals surface area contributed by atoms with Crippen molar-refractivity contribution in [3.63, 3.8) is 0 Å². The average molecular weight is 264 g/mol. The third-order valence-electron chi connectivity index (χ3n) is 2.23. The Morgan fingerprint density at radius 2 is 2.00 bits per heavy atom. The van der Waals surface area contributed by atoms with Gasteiger partial charge in [-0.25, -0.2) is 9.97 Å². The van der Waals surface area contributed by atoms with Crippen LogP contribution in [0.4, 0.5) is 5.82 Å². The average Bonchev–Trinajstić information content (AvgIpc) is 2.40. The van der Waals surface area contributed by atoms with E-state index in [4.69, 9.17) is 16.3 Å². The zero-order chi connectivity index (χ0) is 12.8. The third-order valence-corrected chi connectivity index (χ3v) is 2.49. The Morgan fingerprint density at radius 3 is 2.72 bits per heavy atom. The SMILES string of the molecule is CCCNc1cc(Oc2ccc(Cl)cc2)ncn1. The van der Waals surface area contributed by atoms with Crippen LogP contribution in [-0.2, 0) is 0 Å². The third kappa shape index (κ3) is 3.60. The van der Waals surface area contributed by atoms with Crippen LogP contribution in [-0.4, -0.2) is 16.5 Å². The van der Waals surface area contributed by atoms with Gasteiger partial charge in [-0.1, -0.05) is 18.5 Å².